The number of hydrogen-bond donors (Lipinski definition) is 1. The molecule has 6 heteroatoms. The number of aromatic nitrogens is 1. The zero-order chi connectivity index (χ0) is 21.4. The van der Waals surface area contributed by atoms with E-state index < -0.39 is 0 Å². The van der Waals surface area contributed by atoms with Crippen LogP contribution in [0.3, 0.4) is 0 Å². The molecule has 0 bridgehead atoms. The van der Waals surface area contributed by atoms with Gasteiger partial charge in [0.05, 0.1) is 22.3 Å². The summed E-state index contributed by atoms with van der Waals surface area (Å²) in [4.78, 5) is 19.3. The Morgan fingerprint density at radius 1 is 1.10 bits per heavy atom. The minimum Gasteiger partial charge on any atom is -0.312 e. The SMILES string of the molecule is N#Cc1c(NC(=O)c2cc(-c3ccccc3Cl)nc3ccccc23)sc2c1CCCC2. The van der Waals surface area contributed by atoms with Crippen LogP contribution in [0.15, 0.2) is 54.6 Å². The van der Waals surface area contributed by atoms with Gasteiger partial charge in [-0.3, -0.25) is 4.79 Å². The highest BCUT2D eigenvalue weighted by atomic mass is 35.5. The summed E-state index contributed by atoms with van der Waals surface area (Å²) in [6.07, 6.45) is 4.09. The Bertz CT molecular complexity index is 1370. The van der Waals surface area contributed by atoms with E-state index in [9.17, 15) is 10.1 Å². The van der Waals surface area contributed by atoms with E-state index in [0.717, 1.165) is 47.7 Å². The number of thiophene rings is 1. The van der Waals surface area contributed by atoms with Crippen molar-refractivity contribution in [3.05, 3.63) is 81.2 Å². The Kier molecular flexibility index (Phi) is 5.19. The van der Waals surface area contributed by atoms with Crippen molar-refractivity contribution in [3.8, 4) is 17.3 Å². The average Bonchev–Trinajstić information content (AvgIpc) is 3.15. The van der Waals surface area contributed by atoms with Gasteiger partial charge < -0.3 is 5.32 Å². The fourth-order valence-corrected chi connectivity index (χ4v) is 5.58. The Balaban J connectivity index is 1.60. The van der Waals surface area contributed by atoms with Crippen LogP contribution in [0.25, 0.3) is 22.2 Å². The normalized spacial score (nSPS) is 12.9. The number of anilines is 1. The highest BCUT2D eigenvalue weighted by Crippen LogP contribution is 2.38. The minimum atomic E-state index is -0.248. The number of rotatable bonds is 3. The Labute approximate surface area is 189 Å². The molecule has 0 saturated heterocycles. The molecule has 4 aromatic rings. The third-order valence-electron chi connectivity index (χ3n) is 5.62. The summed E-state index contributed by atoms with van der Waals surface area (Å²) in [7, 11) is 0. The Morgan fingerprint density at radius 3 is 2.71 bits per heavy atom. The van der Waals surface area contributed by atoms with Crippen molar-refractivity contribution in [1.29, 1.82) is 5.26 Å². The van der Waals surface area contributed by atoms with Crippen LogP contribution in [0.2, 0.25) is 5.02 Å². The van der Waals surface area contributed by atoms with Crippen LogP contribution in [0.4, 0.5) is 5.00 Å². The molecule has 2 aromatic carbocycles. The van der Waals surface area contributed by atoms with Crippen LogP contribution >= 0.6 is 22.9 Å². The van der Waals surface area contributed by atoms with Gasteiger partial charge in [0.2, 0.25) is 0 Å². The number of fused-ring (bicyclic) bond motifs is 2. The first-order chi connectivity index (χ1) is 15.2. The van der Waals surface area contributed by atoms with Crippen molar-refractivity contribution in [3.63, 3.8) is 0 Å². The molecule has 31 heavy (non-hydrogen) atoms. The number of pyridine rings is 1. The molecule has 1 N–H and O–H groups in total. The number of nitrogens with one attached hydrogen (secondary N) is 1. The predicted octanol–water partition coefficient (Wildman–Crippen LogP) is 6.62. The molecule has 0 unspecified atom stereocenters. The number of carbonyl (C=O) groups is 1. The van der Waals surface area contributed by atoms with Crippen molar-refractivity contribution >= 4 is 44.7 Å². The molecule has 5 rings (SSSR count). The number of amides is 1. The molecular weight excluding hydrogens is 426 g/mol. The zero-order valence-corrected chi connectivity index (χ0v) is 18.2. The van der Waals surface area contributed by atoms with E-state index in [0.29, 0.717) is 26.8 Å². The van der Waals surface area contributed by atoms with Crippen LogP contribution < -0.4 is 5.32 Å². The van der Waals surface area contributed by atoms with E-state index in [1.54, 1.807) is 6.07 Å². The van der Waals surface area contributed by atoms with Crippen molar-refractivity contribution in [2.75, 3.05) is 5.32 Å². The summed E-state index contributed by atoms with van der Waals surface area (Å²) in [5, 5.41) is 14.7. The van der Waals surface area contributed by atoms with Crippen LogP contribution in [0.5, 0.6) is 0 Å². The van der Waals surface area contributed by atoms with Gasteiger partial charge in [0.25, 0.3) is 5.91 Å². The van der Waals surface area contributed by atoms with Gasteiger partial charge in [-0.25, -0.2) is 4.98 Å². The maximum Gasteiger partial charge on any atom is 0.257 e. The summed E-state index contributed by atoms with van der Waals surface area (Å²) in [5.74, 6) is -0.248. The summed E-state index contributed by atoms with van der Waals surface area (Å²) >= 11 is 7.92. The molecule has 0 aliphatic heterocycles. The Hall–Kier alpha value is -3.20. The van der Waals surface area contributed by atoms with Crippen LogP contribution in [-0.4, -0.2) is 10.9 Å². The van der Waals surface area contributed by atoms with Crippen LogP contribution in [0.1, 0.15) is 39.2 Å². The maximum absolute atomic E-state index is 13.4. The van der Waals surface area contributed by atoms with Crippen molar-refractivity contribution in [2.24, 2.45) is 0 Å². The van der Waals surface area contributed by atoms with Gasteiger partial charge in [-0.05, 0) is 49.4 Å². The molecule has 0 saturated carbocycles. The van der Waals surface area contributed by atoms with Gasteiger partial charge in [0, 0.05) is 20.8 Å². The van der Waals surface area contributed by atoms with Crippen molar-refractivity contribution < 1.29 is 4.79 Å². The number of para-hydroxylation sites is 1. The third-order valence-corrected chi connectivity index (χ3v) is 7.16. The smallest absolute Gasteiger partial charge is 0.257 e. The third kappa shape index (κ3) is 3.59. The first-order valence-electron chi connectivity index (χ1n) is 10.2. The number of benzene rings is 2. The highest BCUT2D eigenvalue weighted by molar-refractivity contribution is 7.16. The van der Waals surface area contributed by atoms with E-state index in [1.807, 2.05) is 48.5 Å². The number of nitriles is 1. The lowest BCUT2D eigenvalue weighted by atomic mass is 9.96. The second kappa shape index (κ2) is 8.14. The van der Waals surface area contributed by atoms with E-state index in [-0.39, 0.29) is 5.91 Å². The lowest BCUT2D eigenvalue weighted by Gasteiger charge is -2.11. The summed E-state index contributed by atoms with van der Waals surface area (Å²) in [6, 6.07) is 19.1. The van der Waals surface area contributed by atoms with E-state index in [2.05, 4.69) is 11.4 Å². The van der Waals surface area contributed by atoms with Crippen LogP contribution in [-0.2, 0) is 12.8 Å². The zero-order valence-electron chi connectivity index (χ0n) is 16.6. The van der Waals surface area contributed by atoms with Gasteiger partial charge >= 0.3 is 0 Å². The molecule has 152 valence electrons. The number of aryl methyl sites for hydroxylation is 1. The molecule has 4 nitrogen and oxygen atoms in total. The van der Waals surface area contributed by atoms with Gasteiger partial charge in [0.1, 0.15) is 11.1 Å². The standard InChI is InChI=1S/C25H18ClN3OS/c26-20-10-4-1-9-17(20)22-13-18(15-7-2-5-11-21(15)28-22)24(30)29-25-19(14-27)16-8-3-6-12-23(16)31-25/h1-2,4-5,7,9-11,13H,3,6,8,12H2,(H,29,30). The van der Waals surface area contributed by atoms with Gasteiger partial charge in [0.15, 0.2) is 0 Å². The second-order valence-corrected chi connectivity index (χ2v) is 9.05. The topological polar surface area (TPSA) is 65.8 Å². The van der Waals surface area contributed by atoms with Crippen LogP contribution in [0, 0.1) is 11.3 Å². The molecule has 0 atom stereocenters. The van der Waals surface area contributed by atoms with Crippen molar-refractivity contribution in [2.45, 2.75) is 25.7 Å². The molecule has 0 radical (unpaired) electrons. The quantitative estimate of drug-likeness (QED) is 0.387. The lowest BCUT2D eigenvalue weighted by Crippen LogP contribution is -2.13. The number of nitrogens with zero attached hydrogens (tertiary/aromatic N) is 2. The van der Waals surface area contributed by atoms with E-state index in [4.69, 9.17) is 16.6 Å². The number of halogens is 1. The second-order valence-electron chi connectivity index (χ2n) is 7.53. The van der Waals surface area contributed by atoms with Gasteiger partial charge in [-0.2, -0.15) is 5.26 Å². The lowest BCUT2D eigenvalue weighted by molar-refractivity contribution is 0.102. The first kappa shape index (κ1) is 19.7. The monoisotopic (exact) mass is 443 g/mol. The number of hydrogen-bond acceptors (Lipinski definition) is 4. The van der Waals surface area contributed by atoms with Gasteiger partial charge in [-0.1, -0.05) is 48.0 Å². The molecule has 0 spiro atoms. The summed E-state index contributed by atoms with van der Waals surface area (Å²) < 4.78 is 0. The molecular formula is C25H18ClN3OS. The maximum atomic E-state index is 13.4. The summed E-state index contributed by atoms with van der Waals surface area (Å²) in [5.41, 5.74) is 4.35. The largest absolute Gasteiger partial charge is 0.312 e. The first-order valence-corrected chi connectivity index (χ1v) is 11.4. The van der Waals surface area contributed by atoms with E-state index in [1.165, 1.54) is 16.2 Å². The molecule has 1 aliphatic carbocycles. The fourth-order valence-electron chi connectivity index (χ4n) is 4.11. The molecule has 2 heterocycles. The Morgan fingerprint density at radius 2 is 1.87 bits per heavy atom. The van der Waals surface area contributed by atoms with E-state index >= 15 is 0 Å². The minimum absolute atomic E-state index is 0.248. The molecule has 0 fully saturated rings. The number of carbonyl (C=O) groups excluding carboxylic acids is 1. The van der Waals surface area contributed by atoms with Gasteiger partial charge in [-0.15, -0.1) is 11.3 Å². The highest BCUT2D eigenvalue weighted by Gasteiger charge is 2.23. The average molecular weight is 444 g/mol. The predicted molar refractivity (Wildman–Crippen MR) is 126 cm³/mol. The van der Waals surface area contributed by atoms with Crippen molar-refractivity contribution in [1.82, 2.24) is 4.98 Å². The molecule has 1 aliphatic rings. The molecule has 2 aromatic heterocycles. The molecule has 1 amide bonds. The fraction of sp³-hybridized carbons (Fsp3) is 0.160. The summed E-state index contributed by atoms with van der Waals surface area (Å²) in [6.45, 7) is 0.